The van der Waals surface area contributed by atoms with Crippen molar-refractivity contribution in [1.29, 1.82) is 0 Å². The molecule has 0 spiro atoms. The van der Waals surface area contributed by atoms with E-state index in [-0.39, 0.29) is 72.1 Å². The lowest BCUT2D eigenvalue weighted by molar-refractivity contribution is -0.140. The Morgan fingerprint density at radius 1 is 0.615 bits per heavy atom. The Morgan fingerprint density at radius 3 is 1.54 bits per heavy atom. The van der Waals surface area contributed by atoms with Gasteiger partial charge in [-0.2, -0.15) is 0 Å². The number of nitrogens with one attached hydrogen (secondary N) is 4. The van der Waals surface area contributed by atoms with Gasteiger partial charge in [0.25, 0.3) is 17.4 Å². The highest BCUT2D eigenvalue weighted by atomic mass is 16.5. The van der Waals surface area contributed by atoms with Crippen LogP contribution in [0.25, 0.3) is 22.3 Å². The number of benzene rings is 4. The van der Waals surface area contributed by atoms with Crippen LogP contribution in [-0.4, -0.2) is 178 Å². The number of aryl methyl sites for hydroxylation is 2. The largest absolute Gasteiger partial charge is 0.379 e. The van der Waals surface area contributed by atoms with Crippen LogP contribution in [0.1, 0.15) is 161 Å². The van der Waals surface area contributed by atoms with Crippen LogP contribution in [0.4, 0.5) is 11.4 Å². The summed E-state index contributed by atoms with van der Waals surface area (Å²) >= 11 is 0. The van der Waals surface area contributed by atoms with Crippen LogP contribution >= 0.6 is 0 Å². The molecule has 4 aliphatic heterocycles. The smallest absolute Gasteiger partial charge is 0.253 e. The summed E-state index contributed by atoms with van der Waals surface area (Å²) in [5.74, 6) is -0.664. The van der Waals surface area contributed by atoms with E-state index >= 15 is 9.59 Å². The fraction of sp³-hybridized carbons (Fsp3) is 0.582. The quantitative estimate of drug-likeness (QED) is 0.0373. The van der Waals surface area contributed by atoms with Gasteiger partial charge >= 0.3 is 0 Å². The maximum Gasteiger partial charge on any atom is 0.253 e. The van der Waals surface area contributed by atoms with Gasteiger partial charge in [0.05, 0.1) is 26.4 Å². The number of ether oxygens (including phenoxy) is 2. The van der Waals surface area contributed by atoms with Crippen molar-refractivity contribution in [3.05, 3.63) is 139 Å². The minimum Gasteiger partial charge on any atom is -0.379 e. The van der Waals surface area contributed by atoms with E-state index in [9.17, 15) is 14.4 Å². The van der Waals surface area contributed by atoms with Crippen molar-refractivity contribution in [3.8, 4) is 22.3 Å². The third kappa shape index (κ3) is 18.7. The highest BCUT2D eigenvalue weighted by Crippen LogP contribution is 2.38. The van der Waals surface area contributed by atoms with Gasteiger partial charge in [0.15, 0.2) is 0 Å². The molecule has 0 aliphatic carbocycles. The standard InChI is InChI=1S/C79H114N10O7/c1-14-61(52-84-30-26-66(27-31-84)88(16-3)72-46-65(63-24-20-60(21-25-63)51-86-36-40-96-41-37-86)45-69(58(72)10)76(92)82-49-71-54(6)43-56(8)83-77(71)93)74(90)70(53(5)42-55(7)80-15-2)48-81-75(91)68-44-64(62-22-18-59(19-23-62)50-85-34-38-95-39-35-85)47-73(57(68)9)89(17-4)67-28-32-87(33-29-67)78(94)79(11,12)13/h18-25,43-47,53,55,61,66-67,70,80H,14-17,26-42,48-52H2,1-13H3,(H,81,91)(H,82,92)(H,83,93). The summed E-state index contributed by atoms with van der Waals surface area (Å²) in [6.45, 7) is 41.5. The van der Waals surface area contributed by atoms with Gasteiger partial charge in [-0.3, -0.25) is 33.8 Å². The van der Waals surface area contributed by atoms with Crippen molar-refractivity contribution in [1.82, 2.24) is 40.5 Å². The molecule has 96 heavy (non-hydrogen) atoms. The van der Waals surface area contributed by atoms with Crippen LogP contribution in [0.2, 0.25) is 0 Å². The molecule has 3 amide bonds. The molecule has 4 fully saturated rings. The third-order valence-electron chi connectivity index (χ3n) is 21.1. The molecule has 522 valence electrons. The highest BCUT2D eigenvalue weighted by molar-refractivity contribution is 6.00. The molecule has 4 saturated heterocycles. The number of Topliss-reactive ketones (excluding diaryl/α,β-unsaturated/α-hetero) is 1. The van der Waals surface area contributed by atoms with Crippen molar-refractivity contribution in [2.24, 2.45) is 23.2 Å². The summed E-state index contributed by atoms with van der Waals surface area (Å²) in [7, 11) is 0. The number of aromatic amines is 1. The second-order valence-electron chi connectivity index (χ2n) is 29.0. The maximum atomic E-state index is 15.5. The van der Waals surface area contributed by atoms with Gasteiger partial charge in [-0.15, -0.1) is 0 Å². The van der Waals surface area contributed by atoms with Crippen LogP contribution in [0.5, 0.6) is 0 Å². The minimum absolute atomic E-state index is 0.0104. The molecule has 5 aromatic rings. The summed E-state index contributed by atoms with van der Waals surface area (Å²) < 4.78 is 11.2. The van der Waals surface area contributed by atoms with Crippen LogP contribution in [0.3, 0.4) is 0 Å². The van der Waals surface area contributed by atoms with E-state index in [0.717, 1.165) is 187 Å². The maximum absolute atomic E-state index is 15.5. The fourth-order valence-electron chi connectivity index (χ4n) is 15.4. The van der Waals surface area contributed by atoms with Crippen molar-refractivity contribution in [2.45, 2.75) is 166 Å². The van der Waals surface area contributed by atoms with Gasteiger partial charge in [0, 0.05) is 167 Å². The average Bonchev–Trinajstić information content (AvgIpc) is 0.791. The molecule has 5 heterocycles. The van der Waals surface area contributed by atoms with Gasteiger partial charge in [0.1, 0.15) is 5.78 Å². The molecular formula is C79H114N10O7. The van der Waals surface area contributed by atoms with Gasteiger partial charge in [0.2, 0.25) is 5.91 Å². The minimum atomic E-state index is -0.444. The summed E-state index contributed by atoms with van der Waals surface area (Å²) in [6, 6.07) is 28.6. The number of amides is 3. The van der Waals surface area contributed by atoms with E-state index in [2.05, 4.69) is 155 Å². The zero-order chi connectivity index (χ0) is 68.8. The number of ketones is 1. The molecule has 0 saturated carbocycles. The molecule has 9 rings (SSSR count). The second-order valence-corrected chi connectivity index (χ2v) is 29.0. The molecule has 0 bridgehead atoms. The first-order valence-electron chi connectivity index (χ1n) is 36.2. The first-order valence-corrected chi connectivity index (χ1v) is 36.2. The highest BCUT2D eigenvalue weighted by Gasteiger charge is 2.37. The van der Waals surface area contributed by atoms with Crippen molar-refractivity contribution in [2.75, 3.05) is 121 Å². The molecule has 17 nitrogen and oxygen atoms in total. The SMILES string of the molecule is CCNC(C)CC(C)C(CNC(=O)c1cc(-c2ccc(CN3CCOCC3)cc2)cc(N(CC)C2CCN(C(=O)C(C)(C)C)CC2)c1C)C(=O)C(CC)CN1CCC(N(CC)c2cc(-c3ccc(CN4CCOCC4)cc3)cc(C(=O)NCc3c(C)cc(C)[nH]c3=O)c2C)CC1. The molecule has 0 radical (unpaired) electrons. The van der Waals surface area contributed by atoms with Crippen LogP contribution in [0.15, 0.2) is 83.7 Å². The topological polar surface area (TPSA) is 175 Å². The van der Waals surface area contributed by atoms with Gasteiger partial charge in [-0.25, -0.2) is 0 Å². The average molecular weight is 1320 g/mol. The molecule has 4 N–H and O–H groups in total. The number of H-pyrrole nitrogens is 1. The lowest BCUT2D eigenvalue weighted by Crippen LogP contribution is -2.49. The summed E-state index contributed by atoms with van der Waals surface area (Å²) in [5.41, 5.74) is 13.0. The summed E-state index contributed by atoms with van der Waals surface area (Å²) in [6.07, 6.45) is 4.92. The number of nitrogens with zero attached hydrogens (tertiary/aromatic N) is 6. The first kappa shape index (κ1) is 73.5. The number of carbonyl (C=O) groups is 4. The number of piperidine rings is 2. The predicted octanol–water partition coefficient (Wildman–Crippen LogP) is 11.4. The van der Waals surface area contributed by atoms with E-state index in [4.69, 9.17) is 9.47 Å². The van der Waals surface area contributed by atoms with Crippen molar-refractivity contribution >= 4 is 34.9 Å². The zero-order valence-electron chi connectivity index (χ0n) is 60.4. The Hall–Kier alpha value is -6.73. The van der Waals surface area contributed by atoms with E-state index in [1.807, 2.05) is 64.6 Å². The lowest BCUT2D eigenvalue weighted by atomic mass is 9.79. The number of hydrogen-bond donors (Lipinski definition) is 4. The number of hydrogen-bond acceptors (Lipinski definition) is 13. The third-order valence-corrected chi connectivity index (χ3v) is 21.1. The van der Waals surface area contributed by atoms with Crippen LogP contribution < -0.4 is 31.3 Å². The molecule has 4 aliphatic rings. The number of anilines is 2. The number of morpholine rings is 2. The normalized spacial score (nSPS) is 17.8. The molecular weight excluding hydrogens is 1200 g/mol. The summed E-state index contributed by atoms with van der Waals surface area (Å²) in [4.78, 5) is 88.9. The van der Waals surface area contributed by atoms with Gasteiger partial charge < -0.3 is 50.0 Å². The zero-order valence-corrected chi connectivity index (χ0v) is 60.4. The van der Waals surface area contributed by atoms with Crippen molar-refractivity contribution < 1.29 is 28.7 Å². The number of rotatable bonds is 28. The van der Waals surface area contributed by atoms with Crippen LogP contribution in [0, 0.1) is 50.9 Å². The number of pyridine rings is 1. The Balaban J connectivity index is 0.930. The molecule has 4 unspecified atom stereocenters. The predicted molar refractivity (Wildman–Crippen MR) is 389 cm³/mol. The van der Waals surface area contributed by atoms with Gasteiger partial charge in [-0.05, 0) is 180 Å². The Labute approximate surface area is 573 Å². The van der Waals surface area contributed by atoms with Crippen LogP contribution in [-0.2, 0) is 38.7 Å². The van der Waals surface area contributed by atoms with E-state index < -0.39 is 11.3 Å². The Bertz CT molecular complexity index is 3460. The second kappa shape index (κ2) is 34.2. The monoisotopic (exact) mass is 1310 g/mol. The lowest BCUT2D eigenvalue weighted by Gasteiger charge is -2.41. The van der Waals surface area contributed by atoms with E-state index in [1.54, 1.807) is 0 Å². The number of likely N-dealkylation sites (tertiary alicyclic amines) is 2. The first-order chi connectivity index (χ1) is 46.1. The molecule has 17 heteroatoms. The fourth-order valence-corrected chi connectivity index (χ4v) is 15.4. The summed E-state index contributed by atoms with van der Waals surface area (Å²) in [5, 5.41) is 10.1. The molecule has 4 atom stereocenters. The number of aromatic nitrogens is 1. The van der Waals surface area contributed by atoms with Gasteiger partial charge in [-0.1, -0.05) is 90.1 Å². The molecule has 1 aromatic heterocycles. The molecule has 4 aromatic carbocycles. The van der Waals surface area contributed by atoms with Crippen molar-refractivity contribution in [3.63, 3.8) is 0 Å². The Kier molecular flexibility index (Phi) is 26.2. The Morgan fingerprint density at radius 2 is 1.09 bits per heavy atom. The van der Waals surface area contributed by atoms with E-state index in [1.165, 1.54) is 11.1 Å². The van der Waals surface area contributed by atoms with E-state index in [0.29, 0.717) is 42.7 Å². The number of carbonyl (C=O) groups excluding carboxylic acids is 4.